The zero-order valence-corrected chi connectivity index (χ0v) is 9.44. The van der Waals surface area contributed by atoms with Gasteiger partial charge in [-0.25, -0.2) is 4.39 Å². The van der Waals surface area contributed by atoms with Gasteiger partial charge in [-0.05, 0) is 24.6 Å². The summed E-state index contributed by atoms with van der Waals surface area (Å²) in [6.45, 7) is 1.87. The predicted octanol–water partition coefficient (Wildman–Crippen LogP) is 4.23. The average molecular weight is 264 g/mol. The Morgan fingerprint density at radius 1 is 1.54 bits per heavy atom. The van der Waals surface area contributed by atoms with Gasteiger partial charge in [0.15, 0.2) is 0 Å². The lowest BCUT2D eigenvalue weighted by atomic mass is 10.2. The third kappa shape index (κ3) is 3.49. The molecule has 0 saturated heterocycles. The molecule has 0 fully saturated rings. The first kappa shape index (κ1) is 10.7. The molecule has 1 aromatic carbocycles. The van der Waals surface area contributed by atoms with Crippen molar-refractivity contribution in [3.63, 3.8) is 0 Å². The summed E-state index contributed by atoms with van der Waals surface area (Å²) in [4.78, 5) is 0. The van der Waals surface area contributed by atoms with Crippen molar-refractivity contribution in [3.05, 3.63) is 40.1 Å². The molecule has 0 aliphatic carbocycles. The smallest absolute Gasteiger partial charge is 0.124 e. The molecule has 0 aliphatic rings. The molecule has 0 nitrogen and oxygen atoms in total. The molecule has 0 amide bonds. The van der Waals surface area contributed by atoms with Gasteiger partial charge in [0, 0.05) is 9.85 Å². The van der Waals surface area contributed by atoms with Crippen LogP contribution in [0.1, 0.15) is 12.5 Å². The van der Waals surface area contributed by atoms with Crippen molar-refractivity contribution < 1.29 is 4.39 Å². The van der Waals surface area contributed by atoms with Gasteiger partial charge in [0.05, 0.1) is 0 Å². The van der Waals surface area contributed by atoms with Crippen LogP contribution in [0.3, 0.4) is 0 Å². The van der Waals surface area contributed by atoms with E-state index < -0.39 is 0 Å². The van der Waals surface area contributed by atoms with Crippen molar-refractivity contribution in [3.8, 4) is 0 Å². The number of alkyl halides is 1. The first-order valence-electron chi connectivity index (χ1n) is 3.87. The third-order valence-corrected chi connectivity index (χ3v) is 2.34. The predicted molar refractivity (Wildman–Crippen MR) is 58.4 cm³/mol. The van der Waals surface area contributed by atoms with Gasteiger partial charge in [0.1, 0.15) is 5.82 Å². The van der Waals surface area contributed by atoms with Gasteiger partial charge in [-0.15, -0.1) is 11.6 Å². The minimum atomic E-state index is -0.247. The van der Waals surface area contributed by atoms with E-state index in [2.05, 4.69) is 15.9 Å². The summed E-state index contributed by atoms with van der Waals surface area (Å²) >= 11 is 9.00. The molecule has 70 valence electrons. The maximum atomic E-state index is 12.7. The fourth-order valence-corrected chi connectivity index (χ4v) is 1.43. The minimum absolute atomic E-state index is 0.0167. The lowest BCUT2D eigenvalue weighted by molar-refractivity contribution is 0.627. The molecule has 0 bridgehead atoms. The van der Waals surface area contributed by atoms with Crippen LogP contribution in [0.25, 0.3) is 6.08 Å². The number of hydrogen-bond acceptors (Lipinski definition) is 0. The maximum Gasteiger partial charge on any atom is 0.124 e. The third-order valence-electron chi connectivity index (χ3n) is 1.50. The van der Waals surface area contributed by atoms with Gasteiger partial charge in [0.25, 0.3) is 0 Å². The average Bonchev–Trinajstić information content (AvgIpc) is 2.02. The van der Waals surface area contributed by atoms with Crippen LogP contribution in [-0.2, 0) is 0 Å². The molecule has 0 spiro atoms. The number of halogens is 3. The summed E-state index contributed by atoms with van der Waals surface area (Å²) in [5.74, 6) is -0.247. The van der Waals surface area contributed by atoms with Crippen LogP contribution in [0.15, 0.2) is 28.7 Å². The van der Waals surface area contributed by atoms with E-state index in [0.29, 0.717) is 0 Å². The number of hydrogen-bond donors (Lipinski definition) is 0. The molecule has 0 radical (unpaired) electrons. The van der Waals surface area contributed by atoms with E-state index in [4.69, 9.17) is 11.6 Å². The van der Waals surface area contributed by atoms with Gasteiger partial charge in [0.2, 0.25) is 0 Å². The zero-order valence-electron chi connectivity index (χ0n) is 7.10. The highest BCUT2D eigenvalue weighted by molar-refractivity contribution is 9.10. The Morgan fingerprint density at radius 3 is 2.77 bits per heavy atom. The van der Waals surface area contributed by atoms with Crippen LogP contribution in [0, 0.1) is 5.82 Å². The van der Waals surface area contributed by atoms with Crippen LogP contribution in [-0.4, -0.2) is 5.38 Å². The van der Waals surface area contributed by atoms with Gasteiger partial charge >= 0.3 is 0 Å². The molecule has 3 heteroatoms. The topological polar surface area (TPSA) is 0 Å². The van der Waals surface area contributed by atoms with Gasteiger partial charge < -0.3 is 0 Å². The molecule has 0 N–H and O–H groups in total. The molecule has 0 aromatic heterocycles. The van der Waals surface area contributed by atoms with E-state index in [1.807, 2.05) is 19.1 Å². The van der Waals surface area contributed by atoms with Crippen molar-refractivity contribution in [2.75, 3.05) is 0 Å². The summed E-state index contributed by atoms with van der Waals surface area (Å²) in [6.07, 6.45) is 3.71. The Morgan fingerprint density at radius 2 is 2.23 bits per heavy atom. The monoisotopic (exact) mass is 262 g/mol. The highest BCUT2D eigenvalue weighted by Crippen LogP contribution is 2.19. The quantitative estimate of drug-likeness (QED) is 0.701. The van der Waals surface area contributed by atoms with E-state index in [0.717, 1.165) is 10.0 Å². The fourth-order valence-electron chi connectivity index (χ4n) is 0.873. The van der Waals surface area contributed by atoms with Crippen molar-refractivity contribution in [1.29, 1.82) is 0 Å². The Bertz CT molecular complexity index is 321. The van der Waals surface area contributed by atoms with E-state index in [1.54, 1.807) is 6.07 Å². The standard InChI is InChI=1S/C10H9BrClF/c1-7(12)2-3-8-4-5-9(13)6-10(8)11/h2-7H,1H3/b3-2+. The Hall–Kier alpha value is -0.340. The normalized spacial score (nSPS) is 13.5. The molecule has 0 aliphatic heterocycles. The van der Waals surface area contributed by atoms with E-state index >= 15 is 0 Å². The molecule has 0 heterocycles. The van der Waals surface area contributed by atoms with Crippen molar-refractivity contribution in [1.82, 2.24) is 0 Å². The molecule has 1 aromatic rings. The molecule has 1 atom stereocenters. The van der Waals surface area contributed by atoms with Crippen molar-refractivity contribution >= 4 is 33.6 Å². The van der Waals surface area contributed by atoms with Crippen molar-refractivity contribution in [2.24, 2.45) is 0 Å². The zero-order chi connectivity index (χ0) is 9.84. The van der Waals surface area contributed by atoms with Gasteiger partial charge in [-0.3, -0.25) is 0 Å². The van der Waals surface area contributed by atoms with Gasteiger partial charge in [-0.2, -0.15) is 0 Å². The van der Waals surface area contributed by atoms with Crippen molar-refractivity contribution in [2.45, 2.75) is 12.3 Å². The second-order valence-electron chi connectivity index (χ2n) is 2.70. The van der Waals surface area contributed by atoms with Crippen LogP contribution >= 0.6 is 27.5 Å². The molecule has 1 unspecified atom stereocenters. The first-order chi connectivity index (χ1) is 6.09. The fraction of sp³-hybridized carbons (Fsp3) is 0.200. The number of benzene rings is 1. The second kappa shape index (κ2) is 4.77. The van der Waals surface area contributed by atoms with Crippen LogP contribution in [0.4, 0.5) is 4.39 Å². The van der Waals surface area contributed by atoms with Crippen LogP contribution in [0.2, 0.25) is 0 Å². The molecule has 0 saturated carbocycles. The first-order valence-corrected chi connectivity index (χ1v) is 5.10. The summed E-state index contributed by atoms with van der Waals surface area (Å²) in [5.41, 5.74) is 0.925. The summed E-state index contributed by atoms with van der Waals surface area (Å²) in [7, 11) is 0. The Balaban J connectivity index is 2.90. The number of rotatable bonds is 2. The lowest BCUT2D eigenvalue weighted by Crippen LogP contribution is -1.83. The number of allylic oxidation sites excluding steroid dienone is 1. The Labute approximate surface area is 90.5 Å². The summed E-state index contributed by atoms with van der Waals surface area (Å²) in [6, 6.07) is 4.55. The Kier molecular flexibility index (Phi) is 3.94. The van der Waals surface area contributed by atoms with Crippen LogP contribution in [0.5, 0.6) is 0 Å². The van der Waals surface area contributed by atoms with E-state index in [9.17, 15) is 4.39 Å². The lowest BCUT2D eigenvalue weighted by Gasteiger charge is -1.98. The van der Waals surface area contributed by atoms with E-state index in [1.165, 1.54) is 12.1 Å². The van der Waals surface area contributed by atoms with E-state index in [-0.39, 0.29) is 11.2 Å². The SMILES string of the molecule is CC(Cl)/C=C/c1ccc(F)cc1Br. The molecule has 13 heavy (non-hydrogen) atoms. The summed E-state index contributed by atoms with van der Waals surface area (Å²) < 4.78 is 13.4. The minimum Gasteiger partial charge on any atom is -0.207 e. The highest BCUT2D eigenvalue weighted by Gasteiger charge is 1.97. The molecular weight excluding hydrogens is 254 g/mol. The highest BCUT2D eigenvalue weighted by atomic mass is 79.9. The summed E-state index contributed by atoms with van der Waals surface area (Å²) in [5, 5.41) is -0.0167. The second-order valence-corrected chi connectivity index (χ2v) is 4.25. The largest absolute Gasteiger partial charge is 0.207 e. The molecule has 1 rings (SSSR count). The van der Waals surface area contributed by atoms with Gasteiger partial charge in [-0.1, -0.05) is 34.1 Å². The maximum absolute atomic E-state index is 12.7. The molecular formula is C10H9BrClF. The van der Waals surface area contributed by atoms with Crippen LogP contribution < -0.4 is 0 Å².